The average molecular weight is 281 g/mol. The summed E-state index contributed by atoms with van der Waals surface area (Å²) in [7, 11) is 1.85. The minimum absolute atomic E-state index is 0.0197. The number of nitrogens with one attached hydrogen (secondary N) is 1. The van der Waals surface area contributed by atoms with E-state index in [1.54, 1.807) is 23.5 Å². The molecule has 0 aliphatic heterocycles. The lowest BCUT2D eigenvalue weighted by Gasteiger charge is -2.17. The predicted octanol–water partition coefficient (Wildman–Crippen LogP) is 4.09. The molecule has 0 fully saturated rings. The van der Waals surface area contributed by atoms with Gasteiger partial charge in [-0.15, -0.1) is 11.3 Å². The Morgan fingerprint density at radius 3 is 2.68 bits per heavy atom. The summed E-state index contributed by atoms with van der Waals surface area (Å²) in [4.78, 5) is 1.20. The van der Waals surface area contributed by atoms with Gasteiger partial charge in [0.25, 0.3) is 0 Å². The highest BCUT2D eigenvalue weighted by atomic mass is 32.1. The molecule has 0 radical (unpaired) electrons. The molecule has 1 atom stereocenters. The quantitative estimate of drug-likeness (QED) is 0.870. The molecule has 0 aliphatic rings. The molecule has 0 aliphatic carbocycles. The lowest BCUT2D eigenvalue weighted by Crippen LogP contribution is -2.19. The molecule has 2 rings (SSSR count). The monoisotopic (exact) mass is 281 g/mol. The fraction of sp³-hybridized carbons (Fsp3) is 0.333. The number of halogens is 2. The van der Waals surface area contributed by atoms with Crippen molar-refractivity contribution in [3.05, 3.63) is 57.3 Å². The summed E-state index contributed by atoms with van der Waals surface area (Å²) in [5.41, 5.74) is 1.68. The van der Waals surface area contributed by atoms with Crippen molar-refractivity contribution in [3.63, 3.8) is 0 Å². The van der Waals surface area contributed by atoms with Crippen LogP contribution in [0.2, 0.25) is 0 Å². The molecule has 0 amide bonds. The Morgan fingerprint density at radius 2 is 2.00 bits per heavy atom. The third-order valence-corrected chi connectivity index (χ3v) is 4.35. The molecule has 1 nitrogen and oxygen atoms in total. The maximum absolute atomic E-state index is 13.7. The first-order chi connectivity index (χ1) is 9.17. The topological polar surface area (TPSA) is 12.0 Å². The second kappa shape index (κ2) is 6.26. The van der Waals surface area contributed by atoms with Crippen LogP contribution in [0.4, 0.5) is 8.78 Å². The van der Waals surface area contributed by atoms with Gasteiger partial charge in [-0.2, -0.15) is 0 Å². The van der Waals surface area contributed by atoms with Crippen LogP contribution in [0, 0.1) is 11.6 Å². The maximum Gasteiger partial charge on any atom is 0.162 e. The molecule has 1 aromatic carbocycles. The van der Waals surface area contributed by atoms with Crippen molar-refractivity contribution in [1.82, 2.24) is 5.32 Å². The number of benzene rings is 1. The number of hydrogen-bond donors (Lipinski definition) is 1. The molecular weight excluding hydrogens is 264 g/mol. The average Bonchev–Trinajstić information content (AvgIpc) is 2.88. The second-order valence-corrected chi connectivity index (χ2v) is 5.37. The third kappa shape index (κ3) is 3.01. The van der Waals surface area contributed by atoms with Crippen molar-refractivity contribution in [2.45, 2.75) is 25.8 Å². The van der Waals surface area contributed by atoms with Gasteiger partial charge in [0.05, 0.1) is 0 Å². The molecule has 19 heavy (non-hydrogen) atoms. The summed E-state index contributed by atoms with van der Waals surface area (Å²) in [6.45, 7) is 2.10. The van der Waals surface area contributed by atoms with Gasteiger partial charge in [0.15, 0.2) is 11.6 Å². The molecule has 0 saturated carbocycles. The molecular formula is C15H17F2NS. The fourth-order valence-corrected chi connectivity index (χ4v) is 3.31. The van der Waals surface area contributed by atoms with Crippen molar-refractivity contribution in [2.24, 2.45) is 0 Å². The zero-order valence-electron chi connectivity index (χ0n) is 11.0. The van der Waals surface area contributed by atoms with E-state index in [2.05, 4.69) is 18.3 Å². The van der Waals surface area contributed by atoms with E-state index in [1.807, 2.05) is 12.4 Å². The van der Waals surface area contributed by atoms with Crippen molar-refractivity contribution in [3.8, 4) is 0 Å². The number of rotatable bonds is 5. The van der Waals surface area contributed by atoms with E-state index in [0.717, 1.165) is 12.5 Å². The lowest BCUT2D eigenvalue weighted by atomic mass is 10.0. The smallest absolute Gasteiger partial charge is 0.162 e. The van der Waals surface area contributed by atoms with E-state index in [-0.39, 0.29) is 6.04 Å². The first kappa shape index (κ1) is 14.2. The SMILES string of the molecule is CCc1ccsc1C(Cc1cccc(F)c1F)NC. The molecule has 0 spiro atoms. The van der Waals surface area contributed by atoms with Crippen LogP contribution >= 0.6 is 11.3 Å². The van der Waals surface area contributed by atoms with Crippen LogP contribution < -0.4 is 5.32 Å². The van der Waals surface area contributed by atoms with Gasteiger partial charge in [-0.1, -0.05) is 19.1 Å². The highest BCUT2D eigenvalue weighted by Crippen LogP contribution is 2.28. The summed E-state index contributed by atoms with van der Waals surface area (Å²) in [5.74, 6) is -1.52. The maximum atomic E-state index is 13.7. The zero-order chi connectivity index (χ0) is 13.8. The van der Waals surface area contributed by atoms with Gasteiger partial charge in [-0.25, -0.2) is 8.78 Å². The number of thiophene rings is 1. The standard InChI is InChI=1S/C15H17F2NS/c1-3-10-7-8-19-15(10)13(18-2)9-11-5-4-6-12(16)14(11)17/h4-8,13,18H,3,9H2,1-2H3. The van der Waals surface area contributed by atoms with Crippen molar-refractivity contribution in [2.75, 3.05) is 7.05 Å². The van der Waals surface area contributed by atoms with Gasteiger partial charge in [-0.3, -0.25) is 0 Å². The molecule has 1 N–H and O–H groups in total. The summed E-state index contributed by atoms with van der Waals surface area (Å²) < 4.78 is 27.0. The van der Waals surface area contributed by atoms with Crippen LogP contribution in [0.1, 0.15) is 29.0 Å². The molecule has 1 heterocycles. The van der Waals surface area contributed by atoms with Crippen molar-refractivity contribution < 1.29 is 8.78 Å². The Bertz CT molecular complexity index is 551. The zero-order valence-corrected chi connectivity index (χ0v) is 11.9. The van der Waals surface area contributed by atoms with Gasteiger partial charge in [0, 0.05) is 10.9 Å². The molecule has 102 valence electrons. The fourth-order valence-electron chi connectivity index (χ4n) is 2.20. The minimum Gasteiger partial charge on any atom is -0.312 e. The Labute approximate surface area is 116 Å². The summed E-state index contributed by atoms with van der Waals surface area (Å²) in [6.07, 6.45) is 1.40. The highest BCUT2D eigenvalue weighted by molar-refractivity contribution is 7.10. The first-order valence-corrected chi connectivity index (χ1v) is 7.21. The van der Waals surface area contributed by atoms with E-state index < -0.39 is 11.6 Å². The van der Waals surface area contributed by atoms with Crippen LogP contribution in [-0.4, -0.2) is 7.05 Å². The van der Waals surface area contributed by atoms with E-state index >= 15 is 0 Å². The van der Waals surface area contributed by atoms with E-state index in [9.17, 15) is 8.78 Å². The lowest BCUT2D eigenvalue weighted by molar-refractivity contribution is 0.487. The molecule has 0 bridgehead atoms. The minimum atomic E-state index is -0.783. The summed E-state index contributed by atoms with van der Waals surface area (Å²) in [5, 5.41) is 5.24. The summed E-state index contributed by atoms with van der Waals surface area (Å²) >= 11 is 1.66. The predicted molar refractivity (Wildman–Crippen MR) is 75.6 cm³/mol. The van der Waals surface area contributed by atoms with E-state index in [1.165, 1.54) is 10.4 Å². The Morgan fingerprint density at radius 1 is 1.21 bits per heavy atom. The first-order valence-electron chi connectivity index (χ1n) is 6.33. The highest BCUT2D eigenvalue weighted by Gasteiger charge is 2.18. The molecule has 4 heteroatoms. The largest absolute Gasteiger partial charge is 0.312 e. The third-order valence-electron chi connectivity index (χ3n) is 3.28. The van der Waals surface area contributed by atoms with Gasteiger partial charge in [-0.05, 0) is 48.5 Å². The number of hydrogen-bond acceptors (Lipinski definition) is 2. The molecule has 1 aromatic heterocycles. The molecule has 1 unspecified atom stereocenters. The van der Waals surface area contributed by atoms with Gasteiger partial charge in [0.1, 0.15) is 0 Å². The number of likely N-dealkylation sites (N-methyl/N-ethyl adjacent to an activating group) is 1. The molecule has 0 saturated heterocycles. The summed E-state index contributed by atoms with van der Waals surface area (Å²) in [6, 6.07) is 6.45. The van der Waals surface area contributed by atoms with Crippen LogP contribution in [0.25, 0.3) is 0 Å². The normalized spacial score (nSPS) is 12.6. The van der Waals surface area contributed by atoms with Crippen LogP contribution in [0.5, 0.6) is 0 Å². The van der Waals surface area contributed by atoms with E-state index in [4.69, 9.17) is 0 Å². The Balaban J connectivity index is 2.27. The van der Waals surface area contributed by atoms with Crippen LogP contribution in [-0.2, 0) is 12.8 Å². The van der Waals surface area contributed by atoms with Gasteiger partial charge >= 0.3 is 0 Å². The van der Waals surface area contributed by atoms with Gasteiger partial charge < -0.3 is 5.32 Å². The van der Waals surface area contributed by atoms with Gasteiger partial charge in [0.2, 0.25) is 0 Å². The van der Waals surface area contributed by atoms with Crippen molar-refractivity contribution >= 4 is 11.3 Å². The molecule has 2 aromatic rings. The Hall–Kier alpha value is -1.26. The van der Waals surface area contributed by atoms with Crippen molar-refractivity contribution in [1.29, 1.82) is 0 Å². The van der Waals surface area contributed by atoms with E-state index in [0.29, 0.717) is 12.0 Å². The second-order valence-electron chi connectivity index (χ2n) is 4.42. The Kier molecular flexibility index (Phi) is 4.66. The van der Waals surface area contributed by atoms with Crippen LogP contribution in [0.15, 0.2) is 29.6 Å². The van der Waals surface area contributed by atoms with Crippen LogP contribution in [0.3, 0.4) is 0 Å². The number of aryl methyl sites for hydroxylation is 1.